The Bertz CT molecular complexity index is 474. The highest BCUT2D eigenvalue weighted by Gasteiger charge is 2.26. The molecule has 14 heavy (non-hydrogen) atoms. The Hall–Kier alpha value is -1.86. The van der Waals surface area contributed by atoms with Gasteiger partial charge in [-0.1, -0.05) is 12.1 Å². The van der Waals surface area contributed by atoms with Crippen molar-refractivity contribution in [2.75, 3.05) is 0 Å². The molecule has 70 valence electrons. The molecule has 0 bridgehead atoms. The minimum absolute atomic E-state index is 0.279. The Morgan fingerprint density at radius 2 is 2.21 bits per heavy atom. The Kier molecular flexibility index (Phi) is 1.76. The van der Waals surface area contributed by atoms with E-state index >= 15 is 0 Å². The number of aromatic nitrogens is 2. The molecule has 2 N–H and O–H groups in total. The Labute approximate surface area is 80.8 Å². The molecule has 0 fully saturated rings. The molecule has 0 spiro atoms. The lowest BCUT2D eigenvalue weighted by Gasteiger charge is -2.08. The Balaban J connectivity index is 2.62. The molecule has 0 aliphatic heterocycles. The molecule has 4 nitrogen and oxygen atoms in total. The van der Waals surface area contributed by atoms with Crippen LogP contribution in [0.25, 0.3) is 11.0 Å². The van der Waals surface area contributed by atoms with Crippen LogP contribution in [0.5, 0.6) is 0 Å². The molecular weight excluding hydrogens is 178 g/mol. The number of nitriles is 1. The maximum absolute atomic E-state index is 9.64. The molecule has 1 aromatic carbocycles. The number of nitrogens with one attached hydrogen (secondary N) is 1. The lowest BCUT2D eigenvalue weighted by molar-refractivity contribution is 0.111. The summed E-state index contributed by atoms with van der Waals surface area (Å²) in [4.78, 5) is 7.03. The number of imidazole rings is 1. The number of H-pyrrole nitrogens is 1. The molecule has 0 saturated carbocycles. The number of hydrogen-bond donors (Lipinski definition) is 2. The van der Waals surface area contributed by atoms with Gasteiger partial charge in [0, 0.05) is 0 Å². The van der Waals surface area contributed by atoms with Gasteiger partial charge in [-0.2, -0.15) is 5.26 Å². The summed E-state index contributed by atoms with van der Waals surface area (Å²) < 4.78 is 0. The monoisotopic (exact) mass is 187 g/mol. The summed E-state index contributed by atoms with van der Waals surface area (Å²) >= 11 is 0. The van der Waals surface area contributed by atoms with Crippen LogP contribution in [0.3, 0.4) is 0 Å². The lowest BCUT2D eigenvalue weighted by Crippen LogP contribution is -2.19. The highest BCUT2D eigenvalue weighted by molar-refractivity contribution is 5.75. The van der Waals surface area contributed by atoms with E-state index in [0.29, 0.717) is 0 Å². The van der Waals surface area contributed by atoms with Crippen molar-refractivity contribution in [3.8, 4) is 6.07 Å². The van der Waals surface area contributed by atoms with Crippen LogP contribution in [0.4, 0.5) is 0 Å². The van der Waals surface area contributed by atoms with E-state index in [4.69, 9.17) is 5.26 Å². The third-order valence-electron chi connectivity index (χ3n) is 2.07. The molecule has 0 radical (unpaired) electrons. The number of aliphatic hydroxyl groups is 1. The average Bonchev–Trinajstić information content (AvgIpc) is 2.61. The van der Waals surface area contributed by atoms with E-state index in [-0.39, 0.29) is 5.82 Å². The molecule has 2 rings (SSSR count). The molecule has 0 amide bonds. The SMILES string of the molecule is CC(O)(C#N)c1nc2ccccc2[nH]1. The van der Waals surface area contributed by atoms with Crippen molar-refractivity contribution in [3.05, 3.63) is 30.1 Å². The van der Waals surface area contributed by atoms with Crippen molar-refractivity contribution in [1.29, 1.82) is 5.26 Å². The molecule has 1 aromatic heterocycles. The second kappa shape index (κ2) is 2.82. The summed E-state index contributed by atoms with van der Waals surface area (Å²) in [5.41, 5.74) is 0.00926. The van der Waals surface area contributed by atoms with Crippen LogP contribution in [-0.4, -0.2) is 15.1 Å². The van der Waals surface area contributed by atoms with E-state index in [2.05, 4.69) is 9.97 Å². The van der Waals surface area contributed by atoms with Crippen LogP contribution >= 0.6 is 0 Å². The average molecular weight is 187 g/mol. The fraction of sp³-hybridized carbons (Fsp3) is 0.200. The number of aromatic amines is 1. The summed E-state index contributed by atoms with van der Waals surface area (Å²) in [6, 6.07) is 9.17. The van der Waals surface area contributed by atoms with Crippen molar-refractivity contribution < 1.29 is 5.11 Å². The lowest BCUT2D eigenvalue weighted by atomic mass is 10.1. The van der Waals surface area contributed by atoms with Gasteiger partial charge in [-0.25, -0.2) is 4.98 Å². The van der Waals surface area contributed by atoms with Crippen molar-refractivity contribution >= 4 is 11.0 Å². The van der Waals surface area contributed by atoms with Crippen molar-refractivity contribution in [1.82, 2.24) is 9.97 Å². The first kappa shape index (κ1) is 8.73. The number of benzene rings is 1. The molecule has 4 heteroatoms. The normalized spacial score (nSPS) is 14.9. The number of hydrogen-bond acceptors (Lipinski definition) is 3. The largest absolute Gasteiger partial charge is 0.369 e. The summed E-state index contributed by atoms with van der Waals surface area (Å²) in [5, 5.41) is 18.4. The van der Waals surface area contributed by atoms with Crippen molar-refractivity contribution in [3.63, 3.8) is 0 Å². The van der Waals surface area contributed by atoms with Gasteiger partial charge in [0.1, 0.15) is 6.07 Å². The van der Waals surface area contributed by atoms with Crippen LogP contribution in [0.1, 0.15) is 12.7 Å². The van der Waals surface area contributed by atoms with Gasteiger partial charge in [0.2, 0.25) is 5.60 Å². The standard InChI is InChI=1S/C10H9N3O/c1-10(14,6-11)9-12-7-4-2-3-5-8(7)13-9/h2-5,14H,1H3,(H,12,13). The summed E-state index contributed by atoms with van der Waals surface area (Å²) in [6.45, 7) is 1.41. The zero-order valence-corrected chi connectivity index (χ0v) is 7.65. The summed E-state index contributed by atoms with van der Waals surface area (Å²) in [7, 11) is 0. The van der Waals surface area contributed by atoms with Gasteiger partial charge in [-0.15, -0.1) is 0 Å². The van der Waals surface area contributed by atoms with E-state index in [1.54, 1.807) is 6.07 Å². The van der Waals surface area contributed by atoms with E-state index in [1.165, 1.54) is 6.92 Å². The van der Waals surface area contributed by atoms with Gasteiger partial charge in [-0.3, -0.25) is 0 Å². The van der Waals surface area contributed by atoms with E-state index in [0.717, 1.165) is 11.0 Å². The number of para-hydroxylation sites is 2. The first-order valence-electron chi connectivity index (χ1n) is 4.22. The van der Waals surface area contributed by atoms with Crippen LogP contribution in [0.2, 0.25) is 0 Å². The smallest absolute Gasteiger partial charge is 0.206 e. The fourth-order valence-electron chi connectivity index (χ4n) is 1.24. The second-order valence-electron chi connectivity index (χ2n) is 3.29. The zero-order valence-electron chi connectivity index (χ0n) is 7.65. The van der Waals surface area contributed by atoms with E-state index in [9.17, 15) is 5.11 Å². The van der Waals surface area contributed by atoms with E-state index < -0.39 is 5.60 Å². The van der Waals surface area contributed by atoms with Gasteiger partial charge < -0.3 is 10.1 Å². The van der Waals surface area contributed by atoms with Gasteiger partial charge >= 0.3 is 0 Å². The van der Waals surface area contributed by atoms with Gasteiger partial charge in [-0.05, 0) is 19.1 Å². The van der Waals surface area contributed by atoms with Crippen LogP contribution < -0.4 is 0 Å². The Morgan fingerprint density at radius 1 is 1.50 bits per heavy atom. The maximum atomic E-state index is 9.64. The maximum Gasteiger partial charge on any atom is 0.206 e. The minimum Gasteiger partial charge on any atom is -0.369 e. The highest BCUT2D eigenvalue weighted by Crippen LogP contribution is 2.19. The second-order valence-corrected chi connectivity index (χ2v) is 3.29. The van der Waals surface area contributed by atoms with E-state index in [1.807, 2.05) is 24.3 Å². The highest BCUT2D eigenvalue weighted by atomic mass is 16.3. The molecule has 1 heterocycles. The predicted octanol–water partition coefficient (Wildman–Crippen LogP) is 1.29. The third-order valence-corrected chi connectivity index (χ3v) is 2.07. The Morgan fingerprint density at radius 3 is 2.86 bits per heavy atom. The molecule has 0 aliphatic rings. The van der Waals surface area contributed by atoms with Gasteiger partial charge in [0.15, 0.2) is 5.82 Å². The third kappa shape index (κ3) is 1.24. The minimum atomic E-state index is -1.56. The molecular formula is C10H9N3O. The molecule has 0 aliphatic carbocycles. The zero-order chi connectivity index (χ0) is 10.2. The first-order valence-corrected chi connectivity index (χ1v) is 4.22. The molecule has 1 atom stereocenters. The first-order chi connectivity index (χ1) is 6.63. The number of fused-ring (bicyclic) bond motifs is 1. The van der Waals surface area contributed by atoms with Gasteiger partial charge in [0.05, 0.1) is 11.0 Å². The number of rotatable bonds is 1. The van der Waals surface area contributed by atoms with Crippen LogP contribution in [-0.2, 0) is 5.60 Å². The molecule has 2 aromatic rings. The van der Waals surface area contributed by atoms with Crippen LogP contribution in [0, 0.1) is 11.3 Å². The number of nitrogens with zero attached hydrogens (tertiary/aromatic N) is 2. The topological polar surface area (TPSA) is 72.7 Å². The summed E-state index contributed by atoms with van der Waals surface area (Å²) in [5.74, 6) is 0.279. The van der Waals surface area contributed by atoms with Crippen LogP contribution in [0.15, 0.2) is 24.3 Å². The quantitative estimate of drug-likeness (QED) is 0.661. The predicted molar refractivity (Wildman–Crippen MR) is 51.3 cm³/mol. The van der Waals surface area contributed by atoms with Crippen molar-refractivity contribution in [2.45, 2.75) is 12.5 Å². The molecule has 1 unspecified atom stereocenters. The fourth-order valence-corrected chi connectivity index (χ4v) is 1.24. The summed E-state index contributed by atoms with van der Waals surface area (Å²) in [6.07, 6.45) is 0. The molecule has 0 saturated heterocycles. The van der Waals surface area contributed by atoms with Crippen molar-refractivity contribution in [2.24, 2.45) is 0 Å². The van der Waals surface area contributed by atoms with Gasteiger partial charge in [0.25, 0.3) is 0 Å².